The maximum absolute atomic E-state index is 13.2. The van der Waals surface area contributed by atoms with Gasteiger partial charge in [-0.25, -0.2) is 4.79 Å². The molecule has 0 spiro atoms. The van der Waals surface area contributed by atoms with Crippen molar-refractivity contribution in [3.63, 3.8) is 0 Å². The molecule has 0 saturated heterocycles. The van der Waals surface area contributed by atoms with Crippen molar-refractivity contribution in [3.8, 4) is 11.5 Å². The first kappa shape index (κ1) is 22.6. The molecule has 166 valence electrons. The largest absolute Gasteiger partial charge is 0.506 e. The fourth-order valence-electron chi connectivity index (χ4n) is 3.73. The molecule has 31 heavy (non-hydrogen) atoms. The van der Waals surface area contributed by atoms with Crippen molar-refractivity contribution < 1.29 is 28.6 Å². The Hall–Kier alpha value is -3.09. The number of Topliss-reactive ketones (excluding diaryl/α,β-unsaturated/α-hetero) is 1. The lowest BCUT2D eigenvalue weighted by Crippen LogP contribution is -2.28. The second kappa shape index (κ2) is 8.21. The molecule has 7 heteroatoms. The molecular weight excluding hydrogens is 400 g/mol. The van der Waals surface area contributed by atoms with E-state index in [1.165, 1.54) is 13.0 Å². The lowest BCUT2D eigenvalue weighted by molar-refractivity contribution is -0.146. The van der Waals surface area contributed by atoms with Crippen LogP contribution in [0.2, 0.25) is 0 Å². The molecule has 3 rings (SSSR count). The predicted molar refractivity (Wildman–Crippen MR) is 116 cm³/mol. The minimum Gasteiger partial charge on any atom is -0.506 e. The van der Waals surface area contributed by atoms with Gasteiger partial charge in [-0.1, -0.05) is 20.8 Å². The summed E-state index contributed by atoms with van der Waals surface area (Å²) in [6.45, 7) is 10.4. The van der Waals surface area contributed by atoms with E-state index in [0.717, 1.165) is 0 Å². The number of hydrogen-bond acceptors (Lipinski definition) is 7. The van der Waals surface area contributed by atoms with Crippen molar-refractivity contribution in [1.29, 1.82) is 0 Å². The van der Waals surface area contributed by atoms with Crippen LogP contribution in [0.4, 0.5) is 0 Å². The molecule has 1 aliphatic heterocycles. The van der Waals surface area contributed by atoms with E-state index >= 15 is 0 Å². The van der Waals surface area contributed by atoms with Gasteiger partial charge in [0.2, 0.25) is 0 Å². The highest BCUT2D eigenvalue weighted by Gasteiger charge is 2.34. The molecular formula is C24H28O7. The molecule has 2 unspecified atom stereocenters. The molecule has 2 atom stereocenters. The van der Waals surface area contributed by atoms with E-state index in [9.17, 15) is 19.5 Å². The Bertz CT molecular complexity index is 1140. The fourth-order valence-corrected chi connectivity index (χ4v) is 3.73. The average Bonchev–Trinajstić information content (AvgIpc) is 2.69. The number of esters is 1. The summed E-state index contributed by atoms with van der Waals surface area (Å²) in [5, 5.41) is 11.4. The second-order valence-corrected chi connectivity index (χ2v) is 8.41. The number of carbonyl (C=O) groups excluding carboxylic acids is 2. The third kappa shape index (κ3) is 4.09. The summed E-state index contributed by atoms with van der Waals surface area (Å²) in [5.41, 5.74) is -0.828. The van der Waals surface area contributed by atoms with E-state index < -0.39 is 29.2 Å². The summed E-state index contributed by atoms with van der Waals surface area (Å²) in [6, 6.07) is 1.25. The highest BCUT2D eigenvalue weighted by atomic mass is 16.5. The number of ether oxygens (including phenoxy) is 2. The number of benzene rings is 1. The van der Waals surface area contributed by atoms with Gasteiger partial charge in [0, 0.05) is 24.5 Å². The summed E-state index contributed by atoms with van der Waals surface area (Å²) in [6.07, 6.45) is 3.66. The number of rotatable bonds is 6. The topological polar surface area (TPSA) is 103 Å². The van der Waals surface area contributed by atoms with Gasteiger partial charge in [0.15, 0.2) is 11.4 Å². The molecule has 1 N–H and O–H groups in total. The van der Waals surface area contributed by atoms with E-state index in [0.29, 0.717) is 29.4 Å². The molecule has 0 fully saturated rings. The first-order valence-corrected chi connectivity index (χ1v) is 10.5. The Morgan fingerprint density at radius 2 is 1.90 bits per heavy atom. The average molecular weight is 428 g/mol. The van der Waals surface area contributed by atoms with Gasteiger partial charge in [0.05, 0.1) is 10.9 Å². The molecule has 2 aromatic rings. The summed E-state index contributed by atoms with van der Waals surface area (Å²) in [7, 11) is 0. The summed E-state index contributed by atoms with van der Waals surface area (Å²) >= 11 is 0. The number of fused-ring (bicyclic) bond motifs is 3. The van der Waals surface area contributed by atoms with Crippen LogP contribution >= 0.6 is 0 Å². The van der Waals surface area contributed by atoms with Crippen molar-refractivity contribution in [3.05, 3.63) is 39.3 Å². The molecule has 1 aromatic heterocycles. The summed E-state index contributed by atoms with van der Waals surface area (Å²) in [4.78, 5) is 37.4. The Morgan fingerprint density at radius 1 is 1.23 bits per heavy atom. The van der Waals surface area contributed by atoms with Crippen LogP contribution < -0.4 is 10.4 Å². The Kier molecular flexibility index (Phi) is 5.98. The lowest BCUT2D eigenvalue weighted by Gasteiger charge is -2.31. The van der Waals surface area contributed by atoms with Gasteiger partial charge in [0.25, 0.3) is 0 Å². The van der Waals surface area contributed by atoms with E-state index in [1.807, 2.05) is 27.7 Å². The van der Waals surface area contributed by atoms with Crippen molar-refractivity contribution >= 4 is 28.8 Å². The number of ketones is 1. The van der Waals surface area contributed by atoms with Crippen molar-refractivity contribution in [1.82, 2.24) is 0 Å². The van der Waals surface area contributed by atoms with Crippen LogP contribution in [-0.2, 0) is 9.53 Å². The smallest absolute Gasteiger partial charge is 0.336 e. The zero-order valence-electron chi connectivity index (χ0n) is 18.7. The first-order valence-electron chi connectivity index (χ1n) is 10.5. The highest BCUT2D eigenvalue weighted by molar-refractivity contribution is 6.13. The number of aromatic hydroxyl groups is 1. The van der Waals surface area contributed by atoms with Gasteiger partial charge in [-0.2, -0.15) is 0 Å². The van der Waals surface area contributed by atoms with Crippen LogP contribution in [-0.4, -0.2) is 22.5 Å². The van der Waals surface area contributed by atoms with Gasteiger partial charge in [0.1, 0.15) is 28.8 Å². The zero-order valence-corrected chi connectivity index (χ0v) is 18.7. The molecule has 2 heterocycles. The second-order valence-electron chi connectivity index (χ2n) is 8.41. The summed E-state index contributed by atoms with van der Waals surface area (Å²) in [5.74, 6) is -1.25. The van der Waals surface area contributed by atoms with E-state index in [1.54, 1.807) is 19.1 Å². The molecule has 0 saturated carbocycles. The Balaban J connectivity index is 2.50. The molecule has 0 aliphatic carbocycles. The van der Waals surface area contributed by atoms with Gasteiger partial charge in [-0.3, -0.25) is 9.59 Å². The molecule has 0 radical (unpaired) electrons. The normalized spacial score (nSPS) is 16.3. The minimum atomic E-state index is -0.748. The lowest BCUT2D eigenvalue weighted by atomic mass is 9.88. The number of carbonyl (C=O) groups is 2. The van der Waals surface area contributed by atoms with E-state index in [2.05, 4.69) is 0 Å². The molecule has 0 amide bonds. The zero-order chi connectivity index (χ0) is 23.1. The Labute approximate surface area is 180 Å². The molecule has 0 bridgehead atoms. The third-order valence-corrected chi connectivity index (χ3v) is 5.53. The van der Waals surface area contributed by atoms with Gasteiger partial charge in [-0.15, -0.1) is 0 Å². The maximum atomic E-state index is 13.2. The van der Waals surface area contributed by atoms with Crippen LogP contribution in [0.1, 0.15) is 82.0 Å². The molecule has 7 nitrogen and oxygen atoms in total. The number of hydrogen-bond donors (Lipinski definition) is 1. The van der Waals surface area contributed by atoms with Crippen molar-refractivity contribution in [2.45, 2.75) is 66.1 Å². The Morgan fingerprint density at radius 3 is 2.48 bits per heavy atom. The van der Waals surface area contributed by atoms with Crippen molar-refractivity contribution in [2.24, 2.45) is 5.92 Å². The molecule has 1 aromatic carbocycles. The van der Waals surface area contributed by atoms with E-state index in [4.69, 9.17) is 13.9 Å². The van der Waals surface area contributed by atoms with Crippen molar-refractivity contribution in [2.75, 3.05) is 0 Å². The predicted octanol–water partition coefficient (Wildman–Crippen LogP) is 4.93. The van der Waals surface area contributed by atoms with Crippen LogP contribution in [0, 0.1) is 5.92 Å². The van der Waals surface area contributed by atoms with Crippen LogP contribution in [0.3, 0.4) is 0 Å². The van der Waals surface area contributed by atoms with E-state index in [-0.39, 0.29) is 28.4 Å². The SMILES string of the molecule is CCC(C)C(=O)c1c(O)c2c(c3c(C(CC)OC(C)=O)cc(=O)oc13)OC(C)(C)C=C2. The molecule has 1 aliphatic rings. The van der Waals surface area contributed by atoms with Crippen LogP contribution in [0.5, 0.6) is 11.5 Å². The quantitative estimate of drug-likeness (QED) is 0.395. The number of phenolic OH excluding ortho intramolecular Hbond substituents is 1. The number of phenols is 1. The van der Waals surface area contributed by atoms with Crippen LogP contribution in [0.25, 0.3) is 17.0 Å². The maximum Gasteiger partial charge on any atom is 0.336 e. The van der Waals surface area contributed by atoms with Gasteiger partial charge in [-0.05, 0) is 38.8 Å². The minimum absolute atomic E-state index is 0.0549. The fraction of sp³-hybridized carbons (Fsp3) is 0.458. The van der Waals surface area contributed by atoms with Gasteiger partial charge >= 0.3 is 11.6 Å². The highest BCUT2D eigenvalue weighted by Crippen LogP contribution is 2.48. The third-order valence-electron chi connectivity index (χ3n) is 5.53. The standard InChI is InChI=1S/C24H28O7/c1-7-12(3)20(27)19-21(28)14-9-10-24(5,6)31-22(14)18-15(11-17(26)30-23(18)19)16(8-2)29-13(4)25/h9-12,16,28H,7-8H2,1-6H3. The van der Waals surface area contributed by atoms with Crippen LogP contribution in [0.15, 0.2) is 21.4 Å². The summed E-state index contributed by atoms with van der Waals surface area (Å²) < 4.78 is 17.1. The van der Waals surface area contributed by atoms with Gasteiger partial charge < -0.3 is 19.0 Å². The monoisotopic (exact) mass is 428 g/mol. The first-order chi connectivity index (χ1) is 14.5.